The van der Waals surface area contributed by atoms with Gasteiger partial charge < -0.3 is 29.7 Å². The number of alkyl halides is 1. The molecule has 0 unspecified atom stereocenters. The maximum absolute atomic E-state index is 14.2. The molecule has 2 aliphatic heterocycles. The number of thiophene rings is 1. The van der Waals surface area contributed by atoms with Crippen molar-refractivity contribution in [3.05, 3.63) is 21.9 Å². The molecule has 240 valence electrons. The second-order valence-electron chi connectivity index (χ2n) is 13.1. The summed E-state index contributed by atoms with van der Waals surface area (Å²) in [6, 6.07) is 2.17. The number of nitriles is 1. The number of hydrogen-bond acceptors (Lipinski definition) is 14. The van der Waals surface area contributed by atoms with Crippen LogP contribution in [-0.2, 0) is 16.6 Å². The van der Waals surface area contributed by atoms with Crippen LogP contribution >= 0.6 is 11.3 Å². The van der Waals surface area contributed by atoms with Gasteiger partial charge in [-0.1, -0.05) is 5.16 Å². The lowest BCUT2D eigenvalue weighted by molar-refractivity contribution is -0.0418. The number of likely N-dealkylation sites (tertiary alicyclic amines) is 1. The normalized spacial score (nSPS) is 29.6. The monoisotopic (exact) mass is 639 g/mol. The van der Waals surface area contributed by atoms with Crippen molar-refractivity contribution in [2.24, 2.45) is 5.92 Å². The molecule has 3 aromatic rings. The number of aromatic nitrogens is 5. The van der Waals surface area contributed by atoms with Crippen molar-refractivity contribution in [1.82, 2.24) is 30.0 Å². The minimum atomic E-state index is -1.02. The molecule has 3 N–H and O–H groups in total. The van der Waals surface area contributed by atoms with Gasteiger partial charge in [-0.15, -0.1) is 11.3 Å². The van der Waals surface area contributed by atoms with E-state index in [9.17, 15) is 14.8 Å². The fourth-order valence-corrected chi connectivity index (χ4v) is 8.36. The summed E-state index contributed by atoms with van der Waals surface area (Å²) < 4.78 is 32.1. The Morgan fingerprint density at radius 3 is 2.80 bits per heavy atom. The molecular formula is C30H38FN9O4S. The van der Waals surface area contributed by atoms with Crippen LogP contribution in [-0.4, -0.2) is 98.9 Å². The summed E-state index contributed by atoms with van der Waals surface area (Å²) in [4.78, 5) is 23.6. The third kappa shape index (κ3) is 5.51. The third-order valence-electron chi connectivity index (χ3n) is 9.78. The van der Waals surface area contributed by atoms with Gasteiger partial charge in [0.25, 0.3) is 0 Å². The van der Waals surface area contributed by atoms with Gasteiger partial charge in [-0.05, 0) is 65.3 Å². The van der Waals surface area contributed by atoms with Crippen molar-refractivity contribution in [3.63, 3.8) is 0 Å². The summed E-state index contributed by atoms with van der Waals surface area (Å²) >= 11 is 1.44. The standard InChI is InChI=1S/C30H38FN9O4S/c1-16(20-11-18(31)13-39(20)3)43-28-36-24(35-27(37-28)40-9-10-42-15-30(41,14-40)17-6-7-17)25-34-26(44-38-25)29(2)8-4-5-21-22(29)19(12-32)23(33)45-21/h16-18,20,41H,4-11,13-15,33H2,1-3H3/t16-,18+,20-,29-,30+/m0/s1. The fraction of sp³-hybridized carbons (Fsp3) is 0.667. The number of halogens is 1. The third-order valence-corrected chi connectivity index (χ3v) is 10.9. The number of nitrogen functional groups attached to an aromatic ring is 1. The van der Waals surface area contributed by atoms with Crippen LogP contribution < -0.4 is 15.4 Å². The smallest absolute Gasteiger partial charge is 0.322 e. The Morgan fingerprint density at radius 2 is 2.07 bits per heavy atom. The molecule has 0 bridgehead atoms. The van der Waals surface area contributed by atoms with E-state index < -0.39 is 23.3 Å². The summed E-state index contributed by atoms with van der Waals surface area (Å²) in [7, 11) is 1.88. The van der Waals surface area contributed by atoms with Crippen LogP contribution in [0.15, 0.2) is 4.52 Å². The molecule has 0 spiro atoms. The summed E-state index contributed by atoms with van der Waals surface area (Å²) in [6.07, 6.45) is 3.34. The first kappa shape index (κ1) is 30.2. The molecule has 2 aliphatic carbocycles. The molecule has 13 nitrogen and oxygen atoms in total. The Morgan fingerprint density at radius 1 is 1.24 bits per heavy atom. The quantitative estimate of drug-likeness (QED) is 0.387. The molecule has 0 radical (unpaired) electrons. The first-order chi connectivity index (χ1) is 21.6. The lowest BCUT2D eigenvalue weighted by atomic mass is 9.72. The molecule has 5 heterocycles. The predicted octanol–water partition coefficient (Wildman–Crippen LogP) is 2.87. The van der Waals surface area contributed by atoms with Gasteiger partial charge >= 0.3 is 6.01 Å². The van der Waals surface area contributed by atoms with Gasteiger partial charge in [0.1, 0.15) is 28.9 Å². The summed E-state index contributed by atoms with van der Waals surface area (Å²) in [6.45, 7) is 5.60. The van der Waals surface area contributed by atoms with Gasteiger partial charge in [0.15, 0.2) is 0 Å². The lowest BCUT2D eigenvalue weighted by Crippen LogP contribution is -2.47. The van der Waals surface area contributed by atoms with E-state index in [1.54, 1.807) is 0 Å². The fourth-order valence-electron chi connectivity index (χ4n) is 7.16. The zero-order chi connectivity index (χ0) is 31.5. The average molecular weight is 640 g/mol. The molecule has 2 saturated heterocycles. The number of ether oxygens (including phenoxy) is 2. The zero-order valence-corrected chi connectivity index (χ0v) is 26.5. The van der Waals surface area contributed by atoms with E-state index in [1.807, 2.05) is 30.7 Å². The number of nitrogens with two attached hydrogens (primary N) is 1. The van der Waals surface area contributed by atoms with E-state index in [-0.39, 0.29) is 36.2 Å². The molecule has 7 rings (SSSR count). The number of aliphatic hydroxyl groups is 1. The molecule has 1 saturated carbocycles. The Kier molecular flexibility index (Phi) is 7.66. The lowest BCUT2D eigenvalue weighted by Gasteiger charge is -2.31. The highest BCUT2D eigenvalue weighted by molar-refractivity contribution is 7.16. The van der Waals surface area contributed by atoms with Crippen molar-refractivity contribution in [2.75, 3.05) is 50.5 Å². The van der Waals surface area contributed by atoms with Crippen molar-refractivity contribution >= 4 is 22.3 Å². The number of fused-ring (bicyclic) bond motifs is 1. The Bertz CT molecular complexity index is 1620. The van der Waals surface area contributed by atoms with Crippen molar-refractivity contribution in [1.29, 1.82) is 5.26 Å². The molecular weight excluding hydrogens is 601 g/mol. The largest absolute Gasteiger partial charge is 0.459 e. The second-order valence-corrected chi connectivity index (χ2v) is 14.3. The SMILES string of the molecule is C[C@H](Oc1nc(-c2noc([C@@]3(C)CCCc4sc(N)c(C#N)c43)n2)nc(N2CCOC[C@@](O)(C3CC3)C2)n1)[C@@H]1C[C@@H](F)CN1C. The first-order valence-electron chi connectivity index (χ1n) is 15.6. The highest BCUT2D eigenvalue weighted by Crippen LogP contribution is 2.48. The number of rotatable bonds is 7. The van der Waals surface area contributed by atoms with E-state index in [2.05, 4.69) is 21.2 Å². The number of hydrogen-bond donors (Lipinski definition) is 2. The number of likely N-dealkylation sites (N-methyl/N-ethyl adjacent to an activating group) is 1. The van der Waals surface area contributed by atoms with E-state index in [4.69, 9.17) is 29.7 Å². The van der Waals surface area contributed by atoms with Crippen molar-refractivity contribution in [2.45, 2.75) is 81.7 Å². The topological polar surface area (TPSA) is 173 Å². The average Bonchev–Trinajstić information content (AvgIpc) is 3.58. The molecule has 15 heteroatoms. The van der Waals surface area contributed by atoms with Crippen LogP contribution in [0.3, 0.4) is 0 Å². The molecule has 3 fully saturated rings. The Balaban J connectivity index is 1.25. The Hall–Kier alpha value is -3.45. The molecule has 3 aromatic heterocycles. The van der Waals surface area contributed by atoms with Crippen LogP contribution in [0.25, 0.3) is 11.6 Å². The number of β-amino-alcohol motifs (C(OH)–C–C–N with tert-alkyl or cyclic N) is 1. The number of aryl methyl sites for hydroxylation is 1. The van der Waals surface area contributed by atoms with E-state index in [1.165, 1.54) is 11.3 Å². The highest BCUT2D eigenvalue weighted by atomic mass is 32.1. The minimum absolute atomic E-state index is 0.0493. The predicted molar refractivity (Wildman–Crippen MR) is 163 cm³/mol. The highest BCUT2D eigenvalue weighted by Gasteiger charge is 2.47. The minimum Gasteiger partial charge on any atom is -0.459 e. The van der Waals surface area contributed by atoms with Crippen LogP contribution in [0.5, 0.6) is 6.01 Å². The zero-order valence-electron chi connectivity index (χ0n) is 25.7. The van der Waals surface area contributed by atoms with Crippen LogP contribution in [0, 0.1) is 17.2 Å². The first-order valence-corrected chi connectivity index (χ1v) is 16.4. The molecule has 5 atom stereocenters. The van der Waals surface area contributed by atoms with Crippen molar-refractivity contribution < 1.29 is 23.5 Å². The van der Waals surface area contributed by atoms with Gasteiger partial charge in [-0.25, -0.2) is 4.39 Å². The summed E-state index contributed by atoms with van der Waals surface area (Å²) in [5.74, 6) is 1.09. The van der Waals surface area contributed by atoms with Gasteiger partial charge in [-0.3, -0.25) is 4.90 Å². The van der Waals surface area contributed by atoms with E-state index in [0.29, 0.717) is 61.5 Å². The molecule has 0 aromatic carbocycles. The van der Waals surface area contributed by atoms with E-state index in [0.717, 1.165) is 36.1 Å². The molecule has 0 amide bonds. The van der Waals surface area contributed by atoms with Crippen molar-refractivity contribution in [3.8, 4) is 23.7 Å². The van der Waals surface area contributed by atoms with Gasteiger partial charge in [0.05, 0.1) is 30.7 Å². The molecule has 45 heavy (non-hydrogen) atoms. The summed E-state index contributed by atoms with van der Waals surface area (Å²) in [5.41, 5.74) is 5.80. The van der Waals surface area contributed by atoms with Gasteiger partial charge in [0, 0.05) is 29.6 Å². The number of nitrogens with zero attached hydrogens (tertiary/aromatic N) is 8. The summed E-state index contributed by atoms with van der Waals surface area (Å²) in [5, 5.41) is 26.1. The molecule has 4 aliphatic rings. The maximum Gasteiger partial charge on any atom is 0.322 e. The van der Waals surface area contributed by atoms with Crippen LogP contribution in [0.2, 0.25) is 0 Å². The maximum atomic E-state index is 14.2. The second kappa shape index (κ2) is 11.4. The van der Waals surface area contributed by atoms with Crippen LogP contribution in [0.1, 0.15) is 67.8 Å². The Labute approximate surface area is 264 Å². The number of anilines is 2. The van der Waals surface area contributed by atoms with Gasteiger partial charge in [0.2, 0.25) is 23.5 Å². The van der Waals surface area contributed by atoms with Crippen LogP contribution in [0.4, 0.5) is 15.3 Å². The van der Waals surface area contributed by atoms with Gasteiger partial charge in [-0.2, -0.15) is 25.2 Å². The van der Waals surface area contributed by atoms with E-state index >= 15 is 0 Å².